The molecule has 1 aromatic rings. The zero-order valence-corrected chi connectivity index (χ0v) is 11.6. The van der Waals surface area contributed by atoms with Crippen LogP contribution in [0.15, 0.2) is 24.3 Å². The third-order valence-electron chi connectivity index (χ3n) is 3.12. The summed E-state index contributed by atoms with van der Waals surface area (Å²) in [7, 11) is 1.63. The molecule has 1 heterocycles. The fourth-order valence-corrected chi connectivity index (χ4v) is 1.88. The summed E-state index contributed by atoms with van der Waals surface area (Å²) in [5, 5.41) is 13.3. The molecule has 19 heavy (non-hydrogen) atoms. The van der Waals surface area contributed by atoms with Gasteiger partial charge < -0.3 is 24.6 Å². The van der Waals surface area contributed by atoms with Crippen molar-refractivity contribution in [1.82, 2.24) is 0 Å². The first-order chi connectivity index (χ1) is 9.00. The van der Waals surface area contributed by atoms with Crippen molar-refractivity contribution in [2.75, 3.05) is 25.6 Å². The molecule has 2 atom stereocenters. The smallest absolute Gasteiger partial charge is 0.162 e. The van der Waals surface area contributed by atoms with Crippen LogP contribution in [0.1, 0.15) is 13.8 Å². The topological polar surface area (TPSA) is 60.0 Å². The number of anilines is 1. The average Bonchev–Trinajstić information content (AvgIpc) is 2.53. The summed E-state index contributed by atoms with van der Waals surface area (Å²) in [6.07, 6.45) is -0.608. The molecule has 2 N–H and O–H groups in total. The fourth-order valence-electron chi connectivity index (χ4n) is 1.88. The molecular formula is C14H21NO4. The summed E-state index contributed by atoms with van der Waals surface area (Å²) in [6.45, 7) is 4.33. The Kier molecular flexibility index (Phi) is 4.29. The summed E-state index contributed by atoms with van der Waals surface area (Å²) in [5.41, 5.74) is 0.910. The highest BCUT2D eigenvalue weighted by Gasteiger charge is 2.31. The molecule has 1 aliphatic rings. The van der Waals surface area contributed by atoms with Crippen LogP contribution in [0, 0.1) is 0 Å². The Bertz CT molecular complexity index is 404. The normalized spacial score (nSPS) is 26.5. The Morgan fingerprint density at radius 3 is 2.47 bits per heavy atom. The van der Waals surface area contributed by atoms with E-state index in [-0.39, 0.29) is 12.6 Å². The van der Waals surface area contributed by atoms with E-state index in [0.717, 1.165) is 11.4 Å². The van der Waals surface area contributed by atoms with Crippen molar-refractivity contribution in [1.29, 1.82) is 0 Å². The molecule has 0 spiro atoms. The molecule has 5 heteroatoms. The lowest BCUT2D eigenvalue weighted by Gasteiger charge is -2.23. The summed E-state index contributed by atoms with van der Waals surface area (Å²) < 4.78 is 16.2. The first-order valence-corrected chi connectivity index (χ1v) is 6.37. The molecule has 1 aliphatic heterocycles. The van der Waals surface area contributed by atoms with Gasteiger partial charge in [0, 0.05) is 5.69 Å². The quantitative estimate of drug-likeness (QED) is 0.871. The molecule has 0 bridgehead atoms. The number of aliphatic hydroxyl groups is 1. The third-order valence-corrected chi connectivity index (χ3v) is 3.12. The van der Waals surface area contributed by atoms with Crippen LogP contribution >= 0.6 is 0 Å². The number of rotatable bonds is 3. The van der Waals surface area contributed by atoms with Crippen molar-refractivity contribution in [3.05, 3.63) is 24.3 Å². The van der Waals surface area contributed by atoms with E-state index in [4.69, 9.17) is 14.2 Å². The van der Waals surface area contributed by atoms with E-state index in [2.05, 4.69) is 5.32 Å². The van der Waals surface area contributed by atoms with Crippen LogP contribution in [0.5, 0.6) is 5.75 Å². The second-order valence-electron chi connectivity index (χ2n) is 5.07. The zero-order chi connectivity index (χ0) is 13.9. The van der Waals surface area contributed by atoms with Gasteiger partial charge in [-0.1, -0.05) is 0 Å². The van der Waals surface area contributed by atoms with Gasteiger partial charge in [0.2, 0.25) is 0 Å². The van der Waals surface area contributed by atoms with Gasteiger partial charge in [0.1, 0.15) is 5.75 Å². The highest BCUT2D eigenvalue weighted by atomic mass is 16.7. The molecule has 0 saturated carbocycles. The minimum absolute atomic E-state index is 0.199. The lowest BCUT2D eigenvalue weighted by atomic mass is 10.1. The second kappa shape index (κ2) is 5.77. The first-order valence-electron chi connectivity index (χ1n) is 6.37. The molecule has 1 fully saturated rings. The van der Waals surface area contributed by atoms with Crippen LogP contribution in [-0.2, 0) is 9.47 Å². The van der Waals surface area contributed by atoms with E-state index >= 15 is 0 Å². The van der Waals surface area contributed by atoms with E-state index in [1.54, 1.807) is 7.11 Å². The first kappa shape index (κ1) is 14.1. The molecule has 0 amide bonds. The van der Waals surface area contributed by atoms with Crippen molar-refractivity contribution in [3.8, 4) is 5.75 Å². The van der Waals surface area contributed by atoms with Gasteiger partial charge in [-0.3, -0.25) is 0 Å². The number of ether oxygens (including phenoxy) is 3. The molecule has 0 radical (unpaired) electrons. The minimum Gasteiger partial charge on any atom is -0.497 e. The van der Waals surface area contributed by atoms with Crippen LogP contribution in [0.3, 0.4) is 0 Å². The number of methoxy groups -OCH3 is 1. The molecule has 2 rings (SSSR count). The van der Waals surface area contributed by atoms with E-state index in [1.165, 1.54) is 0 Å². The van der Waals surface area contributed by atoms with Gasteiger partial charge in [-0.05, 0) is 38.1 Å². The molecular weight excluding hydrogens is 246 g/mol. The standard InChI is InChI=1S/C14H21NO4/c1-14(2)18-8-12(13(16)9-19-14)15-10-4-6-11(17-3)7-5-10/h4-7,12-13,15-16H,8-9H2,1-3H3. The van der Waals surface area contributed by atoms with E-state index in [1.807, 2.05) is 38.1 Å². The number of nitrogens with one attached hydrogen (secondary N) is 1. The Balaban J connectivity index is 2.00. The monoisotopic (exact) mass is 267 g/mol. The van der Waals surface area contributed by atoms with E-state index < -0.39 is 11.9 Å². The van der Waals surface area contributed by atoms with E-state index in [9.17, 15) is 5.11 Å². The summed E-state index contributed by atoms with van der Waals surface area (Å²) in [5.74, 6) is 0.143. The van der Waals surface area contributed by atoms with Gasteiger partial charge in [-0.2, -0.15) is 0 Å². The molecule has 2 unspecified atom stereocenters. The van der Waals surface area contributed by atoms with Crippen LogP contribution < -0.4 is 10.1 Å². The maximum Gasteiger partial charge on any atom is 0.162 e. The van der Waals surface area contributed by atoms with Crippen molar-refractivity contribution in [2.45, 2.75) is 31.8 Å². The summed E-state index contributed by atoms with van der Waals surface area (Å²) in [6, 6.07) is 7.35. The Hall–Kier alpha value is -1.30. The molecule has 5 nitrogen and oxygen atoms in total. The van der Waals surface area contributed by atoms with Crippen molar-refractivity contribution < 1.29 is 19.3 Å². The highest BCUT2D eigenvalue weighted by Crippen LogP contribution is 2.21. The molecule has 0 aliphatic carbocycles. The maximum absolute atomic E-state index is 10.1. The molecule has 0 aromatic heterocycles. The van der Waals surface area contributed by atoms with Crippen LogP contribution in [0.2, 0.25) is 0 Å². The Morgan fingerprint density at radius 1 is 1.21 bits per heavy atom. The molecule has 1 aromatic carbocycles. The molecule has 106 valence electrons. The minimum atomic E-state index is -0.655. The van der Waals surface area contributed by atoms with Crippen molar-refractivity contribution in [2.24, 2.45) is 0 Å². The van der Waals surface area contributed by atoms with Gasteiger partial charge in [-0.25, -0.2) is 0 Å². The number of aliphatic hydroxyl groups excluding tert-OH is 1. The third kappa shape index (κ3) is 3.83. The fraction of sp³-hybridized carbons (Fsp3) is 0.571. The van der Waals surface area contributed by atoms with Crippen LogP contribution in [0.4, 0.5) is 5.69 Å². The predicted octanol–water partition coefficient (Wildman–Crippen LogP) is 1.62. The van der Waals surface area contributed by atoms with Crippen molar-refractivity contribution in [3.63, 3.8) is 0 Å². The number of hydrogen-bond acceptors (Lipinski definition) is 5. The second-order valence-corrected chi connectivity index (χ2v) is 5.07. The van der Waals surface area contributed by atoms with E-state index in [0.29, 0.717) is 6.61 Å². The van der Waals surface area contributed by atoms with Crippen molar-refractivity contribution >= 4 is 5.69 Å². The largest absolute Gasteiger partial charge is 0.497 e. The lowest BCUT2D eigenvalue weighted by Crippen LogP contribution is -2.38. The van der Waals surface area contributed by atoms with Crippen LogP contribution in [0.25, 0.3) is 0 Å². The SMILES string of the molecule is COc1ccc(NC2COC(C)(C)OCC2O)cc1. The number of hydrogen-bond donors (Lipinski definition) is 2. The van der Waals surface area contributed by atoms with Gasteiger partial charge in [0.05, 0.1) is 32.5 Å². The lowest BCUT2D eigenvalue weighted by molar-refractivity contribution is -0.203. The van der Waals surface area contributed by atoms with Gasteiger partial charge in [-0.15, -0.1) is 0 Å². The molecule has 1 saturated heterocycles. The van der Waals surface area contributed by atoms with Gasteiger partial charge in [0.15, 0.2) is 5.79 Å². The summed E-state index contributed by atoms with van der Waals surface area (Å²) >= 11 is 0. The Labute approximate surface area is 113 Å². The Morgan fingerprint density at radius 2 is 1.84 bits per heavy atom. The van der Waals surface area contributed by atoms with Gasteiger partial charge >= 0.3 is 0 Å². The van der Waals surface area contributed by atoms with Crippen LogP contribution in [-0.4, -0.2) is 43.4 Å². The highest BCUT2D eigenvalue weighted by molar-refractivity contribution is 5.47. The summed E-state index contributed by atoms with van der Waals surface area (Å²) in [4.78, 5) is 0. The predicted molar refractivity (Wildman–Crippen MR) is 72.4 cm³/mol. The maximum atomic E-state index is 10.1. The van der Waals surface area contributed by atoms with Gasteiger partial charge in [0.25, 0.3) is 0 Å². The number of benzene rings is 1. The average molecular weight is 267 g/mol. The zero-order valence-electron chi connectivity index (χ0n) is 11.6.